The van der Waals surface area contributed by atoms with Crippen LogP contribution in [0.2, 0.25) is 0 Å². The summed E-state index contributed by atoms with van der Waals surface area (Å²) in [4.78, 5) is 10.6. The minimum Gasteiger partial charge on any atom is -0.481 e. The van der Waals surface area contributed by atoms with E-state index in [0.717, 1.165) is 54.4 Å². The van der Waals surface area contributed by atoms with Crippen LogP contribution in [0.25, 0.3) is 0 Å². The Morgan fingerprint density at radius 3 is 2.62 bits per heavy atom. The van der Waals surface area contributed by atoms with Crippen molar-refractivity contribution in [2.75, 3.05) is 11.5 Å². The molecule has 3 rings (SSSR count). The molecule has 32 heavy (non-hydrogen) atoms. The predicted molar refractivity (Wildman–Crippen MR) is 140 cm³/mol. The van der Waals surface area contributed by atoms with Gasteiger partial charge < -0.3 is 5.11 Å². The summed E-state index contributed by atoms with van der Waals surface area (Å²) >= 11 is 4.41. The molecule has 0 spiro atoms. The summed E-state index contributed by atoms with van der Waals surface area (Å²) < 4.78 is 0. The number of aryl methyl sites for hydroxylation is 1. The van der Waals surface area contributed by atoms with Crippen LogP contribution >= 0.6 is 23.5 Å². The molecule has 0 saturated carbocycles. The third kappa shape index (κ3) is 8.91. The van der Waals surface area contributed by atoms with Crippen LogP contribution in [0.5, 0.6) is 0 Å². The van der Waals surface area contributed by atoms with Gasteiger partial charge >= 0.3 is 5.97 Å². The molecule has 2 aliphatic heterocycles. The Bertz CT molecular complexity index is 765. The Balaban J connectivity index is 1.24. The Hall–Kier alpha value is -1.31. The largest absolute Gasteiger partial charge is 0.481 e. The number of fused-ring (bicyclic) bond motifs is 2. The molecule has 2 fully saturated rings. The monoisotopic (exact) mass is 470 g/mol. The van der Waals surface area contributed by atoms with Gasteiger partial charge in [-0.15, -0.1) is 11.8 Å². The molecule has 1 aromatic carbocycles. The van der Waals surface area contributed by atoms with Gasteiger partial charge in [-0.05, 0) is 80.3 Å². The van der Waals surface area contributed by atoms with Crippen LogP contribution in [0, 0.1) is 23.7 Å². The maximum atomic E-state index is 10.6. The molecular formula is C28H38O2S2. The molecule has 174 valence electrons. The number of thioether (sulfide) groups is 2. The minimum atomic E-state index is -0.685. The maximum absolute atomic E-state index is 10.6. The molecule has 2 saturated heterocycles. The molecule has 2 nitrogen and oxygen atoms in total. The highest BCUT2D eigenvalue weighted by molar-refractivity contribution is 8.01. The van der Waals surface area contributed by atoms with E-state index in [9.17, 15) is 4.79 Å². The van der Waals surface area contributed by atoms with Crippen molar-refractivity contribution in [3.05, 3.63) is 48.0 Å². The molecule has 2 bridgehead atoms. The Kier molecular flexibility index (Phi) is 11.7. The lowest BCUT2D eigenvalue weighted by atomic mass is 9.78. The van der Waals surface area contributed by atoms with Crippen LogP contribution in [0.1, 0.15) is 69.8 Å². The zero-order valence-electron chi connectivity index (χ0n) is 19.2. The molecule has 1 N–H and O–H groups in total. The van der Waals surface area contributed by atoms with Crippen molar-refractivity contribution in [3.63, 3.8) is 0 Å². The number of carbonyl (C=O) groups is 1. The normalized spacial score (nSPS) is 24.0. The van der Waals surface area contributed by atoms with Gasteiger partial charge in [-0.25, -0.2) is 0 Å². The van der Waals surface area contributed by atoms with Crippen LogP contribution in [0.4, 0.5) is 0 Å². The number of allylic oxidation sites excluding steroid dienone is 2. The summed E-state index contributed by atoms with van der Waals surface area (Å²) in [6, 6.07) is 10.6. The number of aliphatic carboxylic acids is 1. The fraction of sp³-hybridized carbons (Fsp3) is 0.607. The van der Waals surface area contributed by atoms with E-state index < -0.39 is 5.97 Å². The molecule has 0 radical (unpaired) electrons. The summed E-state index contributed by atoms with van der Waals surface area (Å²) in [5, 5.41) is 10.5. The van der Waals surface area contributed by atoms with Crippen LogP contribution < -0.4 is 0 Å². The summed E-state index contributed by atoms with van der Waals surface area (Å²) in [6.45, 7) is 0. The second kappa shape index (κ2) is 14.8. The van der Waals surface area contributed by atoms with Gasteiger partial charge in [0.2, 0.25) is 0 Å². The second-order valence-corrected chi connectivity index (χ2v) is 11.6. The van der Waals surface area contributed by atoms with Gasteiger partial charge in [0, 0.05) is 29.8 Å². The summed E-state index contributed by atoms with van der Waals surface area (Å²) in [5.74, 6) is 10.3. The molecule has 0 aromatic heterocycles. The summed E-state index contributed by atoms with van der Waals surface area (Å²) in [6.07, 6.45) is 16.1. The van der Waals surface area contributed by atoms with Gasteiger partial charge in [-0.1, -0.05) is 42.5 Å². The van der Waals surface area contributed by atoms with E-state index in [2.05, 4.69) is 77.8 Å². The van der Waals surface area contributed by atoms with E-state index in [-0.39, 0.29) is 6.42 Å². The lowest BCUT2D eigenvalue weighted by Crippen LogP contribution is -2.28. The smallest absolute Gasteiger partial charge is 0.303 e. The first kappa shape index (κ1) is 25.3. The average Bonchev–Trinajstić information content (AvgIpc) is 3.40. The molecular weight excluding hydrogens is 432 g/mol. The molecule has 1 aromatic rings. The van der Waals surface area contributed by atoms with Gasteiger partial charge in [0.15, 0.2) is 0 Å². The zero-order chi connectivity index (χ0) is 22.4. The van der Waals surface area contributed by atoms with E-state index in [0.29, 0.717) is 0 Å². The highest BCUT2D eigenvalue weighted by Crippen LogP contribution is 2.55. The van der Waals surface area contributed by atoms with Crippen molar-refractivity contribution in [1.29, 1.82) is 0 Å². The number of rotatable bonds is 14. The molecule has 0 amide bonds. The van der Waals surface area contributed by atoms with E-state index >= 15 is 0 Å². The van der Waals surface area contributed by atoms with Gasteiger partial charge in [0.25, 0.3) is 0 Å². The van der Waals surface area contributed by atoms with Gasteiger partial charge in [0.05, 0.1) is 0 Å². The number of carboxylic acid groups (broad SMARTS) is 1. The van der Waals surface area contributed by atoms with Crippen molar-refractivity contribution >= 4 is 29.5 Å². The van der Waals surface area contributed by atoms with Crippen LogP contribution in [-0.4, -0.2) is 33.1 Å². The van der Waals surface area contributed by atoms with E-state index in [1.54, 1.807) is 0 Å². The van der Waals surface area contributed by atoms with Crippen molar-refractivity contribution in [1.82, 2.24) is 0 Å². The third-order valence-electron chi connectivity index (χ3n) is 6.58. The molecule has 2 heterocycles. The first-order valence-corrected chi connectivity index (χ1v) is 14.4. The van der Waals surface area contributed by atoms with E-state index in [1.165, 1.54) is 49.2 Å². The first-order valence-electron chi connectivity index (χ1n) is 12.3. The van der Waals surface area contributed by atoms with E-state index in [1.807, 2.05) is 0 Å². The molecule has 0 unspecified atom stereocenters. The SMILES string of the molecule is O=C(O)CCC/C=C\C[C@@H]1[C@H](CSCCCCC#CCCc2ccccc2)[C@@H]2CC[C@H]1S2. The molecule has 4 heteroatoms. The predicted octanol–water partition coefficient (Wildman–Crippen LogP) is 7.24. The Labute approximate surface area is 203 Å². The van der Waals surface area contributed by atoms with Crippen molar-refractivity contribution < 1.29 is 9.90 Å². The topological polar surface area (TPSA) is 37.3 Å². The number of unbranched alkanes of at least 4 members (excludes halogenated alkanes) is 3. The number of hydrogen-bond acceptors (Lipinski definition) is 3. The highest BCUT2D eigenvalue weighted by Gasteiger charge is 2.47. The third-order valence-corrected chi connectivity index (χ3v) is 9.65. The van der Waals surface area contributed by atoms with Gasteiger partial charge in [-0.3, -0.25) is 4.79 Å². The van der Waals surface area contributed by atoms with Crippen molar-refractivity contribution in [2.45, 2.75) is 81.1 Å². The lowest BCUT2D eigenvalue weighted by Gasteiger charge is -2.28. The highest BCUT2D eigenvalue weighted by atomic mass is 32.2. The second-order valence-electron chi connectivity index (χ2n) is 8.98. The number of carboxylic acids is 1. The van der Waals surface area contributed by atoms with Crippen molar-refractivity contribution in [3.8, 4) is 11.8 Å². The fourth-order valence-corrected chi connectivity index (χ4v) is 8.29. The lowest BCUT2D eigenvalue weighted by molar-refractivity contribution is -0.137. The molecule has 0 aliphatic carbocycles. The maximum Gasteiger partial charge on any atom is 0.303 e. The average molecular weight is 471 g/mol. The number of benzene rings is 1. The standard InChI is InChI=1S/C28H38O2S2/c29-28(30)18-12-5-4-11-17-24-25(27-20-19-26(24)32-27)22-31-21-13-6-2-1-3-8-14-23-15-9-7-10-16-23/h4,7,9-11,15-16,24-27H,2,5-6,8,12-14,17-22H2,(H,29,30)/b11-4-/t24-,25+,26-,27+/m1/s1. The van der Waals surface area contributed by atoms with Crippen LogP contribution in [0.15, 0.2) is 42.5 Å². The zero-order valence-corrected chi connectivity index (χ0v) is 20.8. The number of hydrogen-bond donors (Lipinski definition) is 1. The molecule has 4 atom stereocenters. The minimum absolute atomic E-state index is 0.285. The fourth-order valence-electron chi connectivity index (χ4n) is 4.84. The summed E-state index contributed by atoms with van der Waals surface area (Å²) in [5.41, 5.74) is 1.38. The quantitative estimate of drug-likeness (QED) is 0.177. The van der Waals surface area contributed by atoms with E-state index in [4.69, 9.17) is 5.11 Å². The Morgan fingerprint density at radius 2 is 1.81 bits per heavy atom. The van der Waals surface area contributed by atoms with Crippen molar-refractivity contribution in [2.24, 2.45) is 11.8 Å². The van der Waals surface area contributed by atoms with Gasteiger partial charge in [-0.2, -0.15) is 23.5 Å². The molecule has 2 aliphatic rings. The van der Waals surface area contributed by atoms with Gasteiger partial charge in [0.1, 0.15) is 0 Å². The van der Waals surface area contributed by atoms with Crippen LogP contribution in [0.3, 0.4) is 0 Å². The van der Waals surface area contributed by atoms with Crippen LogP contribution in [-0.2, 0) is 11.2 Å². The first-order chi connectivity index (χ1) is 15.7. The summed E-state index contributed by atoms with van der Waals surface area (Å²) in [7, 11) is 0. The Morgan fingerprint density at radius 1 is 1.03 bits per heavy atom.